The van der Waals surface area contributed by atoms with Crippen molar-refractivity contribution >= 4 is 37.8 Å². The van der Waals surface area contributed by atoms with E-state index in [2.05, 4.69) is 52.8 Å². The molecule has 3 rings (SSSR count). The summed E-state index contributed by atoms with van der Waals surface area (Å²) in [6, 6.07) is 6.73. The third-order valence-electron chi connectivity index (χ3n) is 2.72. The number of halogens is 2. The maximum atomic E-state index is 4.36. The number of imidazole rings is 1. The van der Waals surface area contributed by atoms with Gasteiger partial charge < -0.3 is 5.32 Å². The number of hydrogen-bond donors (Lipinski definition) is 1. The first-order valence-electron chi connectivity index (χ1n) is 5.49. The SMILES string of the molecule is Brc1ccc(-n2ccnc2NC2CC2)c(Br)c1. The molecule has 2 aromatic rings. The van der Waals surface area contributed by atoms with Crippen molar-refractivity contribution in [2.75, 3.05) is 5.32 Å². The van der Waals surface area contributed by atoms with Crippen molar-refractivity contribution in [1.82, 2.24) is 9.55 Å². The van der Waals surface area contributed by atoms with E-state index in [0.29, 0.717) is 6.04 Å². The average molecular weight is 357 g/mol. The Morgan fingerprint density at radius 2 is 2.12 bits per heavy atom. The van der Waals surface area contributed by atoms with Crippen molar-refractivity contribution in [3.63, 3.8) is 0 Å². The van der Waals surface area contributed by atoms with Crippen molar-refractivity contribution in [2.45, 2.75) is 18.9 Å². The van der Waals surface area contributed by atoms with Crippen LogP contribution in [0.25, 0.3) is 5.69 Å². The quantitative estimate of drug-likeness (QED) is 0.901. The van der Waals surface area contributed by atoms with E-state index in [4.69, 9.17) is 0 Å². The van der Waals surface area contributed by atoms with Gasteiger partial charge in [0.05, 0.1) is 5.69 Å². The van der Waals surface area contributed by atoms with Gasteiger partial charge in [0.15, 0.2) is 0 Å². The Bertz CT molecular complexity index is 546. The Morgan fingerprint density at radius 1 is 1.29 bits per heavy atom. The first kappa shape index (κ1) is 11.3. The molecule has 1 N–H and O–H groups in total. The molecular formula is C12H11Br2N3. The van der Waals surface area contributed by atoms with Crippen molar-refractivity contribution in [2.24, 2.45) is 0 Å². The molecule has 1 aromatic carbocycles. The summed E-state index contributed by atoms with van der Waals surface area (Å²) in [5.74, 6) is 0.913. The van der Waals surface area contributed by atoms with Crippen LogP contribution in [0.4, 0.5) is 5.95 Å². The number of aromatic nitrogens is 2. The fourth-order valence-corrected chi connectivity index (χ4v) is 2.93. The van der Waals surface area contributed by atoms with Gasteiger partial charge in [-0.3, -0.25) is 4.57 Å². The highest BCUT2D eigenvalue weighted by Crippen LogP contribution is 2.29. The molecule has 0 radical (unpaired) electrons. The lowest BCUT2D eigenvalue weighted by Gasteiger charge is -2.11. The van der Waals surface area contributed by atoms with Crippen LogP contribution in [-0.4, -0.2) is 15.6 Å². The minimum absolute atomic E-state index is 0.602. The molecule has 1 saturated carbocycles. The van der Waals surface area contributed by atoms with E-state index in [1.807, 2.05) is 24.5 Å². The number of nitrogens with zero attached hydrogens (tertiary/aromatic N) is 2. The predicted octanol–water partition coefficient (Wildman–Crippen LogP) is 3.97. The molecule has 0 unspecified atom stereocenters. The minimum Gasteiger partial charge on any atom is -0.353 e. The predicted molar refractivity (Wildman–Crippen MR) is 75.6 cm³/mol. The van der Waals surface area contributed by atoms with E-state index >= 15 is 0 Å². The van der Waals surface area contributed by atoms with Gasteiger partial charge in [-0.25, -0.2) is 4.98 Å². The summed E-state index contributed by atoms with van der Waals surface area (Å²) in [6.07, 6.45) is 6.28. The summed E-state index contributed by atoms with van der Waals surface area (Å²) in [6.45, 7) is 0. The van der Waals surface area contributed by atoms with Gasteiger partial charge in [-0.2, -0.15) is 0 Å². The molecule has 5 heteroatoms. The van der Waals surface area contributed by atoms with E-state index in [1.54, 1.807) is 0 Å². The maximum Gasteiger partial charge on any atom is 0.207 e. The first-order valence-corrected chi connectivity index (χ1v) is 7.08. The maximum absolute atomic E-state index is 4.36. The van der Waals surface area contributed by atoms with Crippen LogP contribution < -0.4 is 5.32 Å². The molecule has 0 spiro atoms. The zero-order valence-corrected chi connectivity index (χ0v) is 12.2. The van der Waals surface area contributed by atoms with E-state index in [1.165, 1.54) is 12.8 Å². The fraction of sp³-hybridized carbons (Fsp3) is 0.250. The molecule has 0 atom stereocenters. The lowest BCUT2D eigenvalue weighted by Crippen LogP contribution is -2.07. The fourth-order valence-electron chi connectivity index (χ4n) is 1.69. The van der Waals surface area contributed by atoms with E-state index in [9.17, 15) is 0 Å². The van der Waals surface area contributed by atoms with E-state index in [0.717, 1.165) is 20.6 Å². The highest BCUT2D eigenvalue weighted by Gasteiger charge is 2.23. The zero-order valence-electron chi connectivity index (χ0n) is 9.03. The lowest BCUT2D eigenvalue weighted by atomic mass is 10.3. The van der Waals surface area contributed by atoms with Gasteiger partial charge in [0.1, 0.15) is 0 Å². The smallest absolute Gasteiger partial charge is 0.207 e. The summed E-state index contributed by atoms with van der Waals surface area (Å²) < 4.78 is 4.17. The molecule has 3 nitrogen and oxygen atoms in total. The van der Waals surface area contributed by atoms with Crippen molar-refractivity contribution < 1.29 is 0 Å². The summed E-state index contributed by atoms with van der Waals surface area (Å²) in [5, 5.41) is 3.42. The zero-order chi connectivity index (χ0) is 11.8. The minimum atomic E-state index is 0.602. The van der Waals surface area contributed by atoms with Crippen LogP contribution in [0.15, 0.2) is 39.5 Å². The Hall–Kier alpha value is -0.810. The van der Waals surface area contributed by atoms with Gasteiger partial charge in [0, 0.05) is 27.4 Å². The van der Waals surface area contributed by atoms with Gasteiger partial charge >= 0.3 is 0 Å². The Morgan fingerprint density at radius 3 is 2.82 bits per heavy atom. The van der Waals surface area contributed by atoms with Gasteiger partial charge in [0.25, 0.3) is 0 Å². The highest BCUT2D eigenvalue weighted by molar-refractivity contribution is 9.11. The van der Waals surface area contributed by atoms with Crippen molar-refractivity contribution in [3.8, 4) is 5.69 Å². The molecule has 0 bridgehead atoms. The molecule has 17 heavy (non-hydrogen) atoms. The second kappa shape index (κ2) is 4.46. The van der Waals surface area contributed by atoms with Crippen LogP contribution in [0, 0.1) is 0 Å². The summed E-state index contributed by atoms with van der Waals surface area (Å²) in [5.41, 5.74) is 1.09. The van der Waals surface area contributed by atoms with Gasteiger partial charge in [-0.15, -0.1) is 0 Å². The van der Waals surface area contributed by atoms with Crippen LogP contribution in [0.3, 0.4) is 0 Å². The van der Waals surface area contributed by atoms with Gasteiger partial charge in [0.2, 0.25) is 5.95 Å². The van der Waals surface area contributed by atoms with Crippen LogP contribution >= 0.6 is 31.9 Å². The molecule has 0 amide bonds. The van der Waals surface area contributed by atoms with Crippen molar-refractivity contribution in [1.29, 1.82) is 0 Å². The molecular weight excluding hydrogens is 346 g/mol. The van der Waals surface area contributed by atoms with Crippen LogP contribution in [0.5, 0.6) is 0 Å². The molecule has 1 heterocycles. The third kappa shape index (κ3) is 2.40. The average Bonchev–Trinajstić information content (AvgIpc) is 2.97. The topological polar surface area (TPSA) is 29.9 Å². The molecule has 0 saturated heterocycles. The van der Waals surface area contributed by atoms with Crippen LogP contribution in [0.1, 0.15) is 12.8 Å². The number of hydrogen-bond acceptors (Lipinski definition) is 2. The highest BCUT2D eigenvalue weighted by atomic mass is 79.9. The van der Waals surface area contributed by atoms with E-state index in [-0.39, 0.29) is 0 Å². The summed E-state index contributed by atoms with van der Waals surface area (Å²) in [7, 11) is 0. The largest absolute Gasteiger partial charge is 0.353 e. The standard InChI is InChI=1S/C12H11Br2N3/c13-8-1-4-11(10(14)7-8)17-6-5-15-12(17)16-9-2-3-9/h1,4-7,9H,2-3H2,(H,15,16). The monoisotopic (exact) mass is 355 g/mol. The third-order valence-corrected chi connectivity index (χ3v) is 3.85. The van der Waals surface area contributed by atoms with E-state index < -0.39 is 0 Å². The number of anilines is 1. The Labute approximate surface area is 117 Å². The summed E-state index contributed by atoms with van der Waals surface area (Å²) in [4.78, 5) is 4.36. The molecule has 0 aliphatic heterocycles. The van der Waals surface area contributed by atoms with Crippen molar-refractivity contribution in [3.05, 3.63) is 39.5 Å². The molecule has 1 aromatic heterocycles. The van der Waals surface area contributed by atoms with Crippen LogP contribution in [-0.2, 0) is 0 Å². The Balaban J connectivity index is 1.99. The first-order chi connectivity index (χ1) is 8.24. The van der Waals surface area contributed by atoms with Gasteiger partial charge in [-0.05, 0) is 47.0 Å². The number of nitrogens with one attached hydrogen (secondary N) is 1. The molecule has 88 valence electrons. The lowest BCUT2D eigenvalue weighted by molar-refractivity contribution is 0.998. The normalized spacial score (nSPS) is 14.9. The number of rotatable bonds is 3. The van der Waals surface area contributed by atoms with Crippen LogP contribution in [0.2, 0.25) is 0 Å². The second-order valence-electron chi connectivity index (χ2n) is 4.14. The summed E-state index contributed by atoms with van der Waals surface area (Å²) >= 11 is 7.04. The molecule has 1 aliphatic rings. The van der Waals surface area contributed by atoms with Gasteiger partial charge in [-0.1, -0.05) is 15.9 Å². The molecule has 1 aliphatic carbocycles. The molecule has 1 fully saturated rings. The second-order valence-corrected chi connectivity index (χ2v) is 5.91. The number of benzene rings is 1. The Kier molecular flexibility index (Phi) is 2.96.